The Labute approximate surface area is 125 Å². The molecular formula is C14H16F3NO4. The molecule has 1 atom stereocenters. The van der Waals surface area contributed by atoms with Crippen molar-refractivity contribution in [2.24, 2.45) is 0 Å². The molecule has 0 aromatic heterocycles. The number of rotatable bonds is 3. The Morgan fingerprint density at radius 2 is 1.77 bits per heavy atom. The molecule has 1 aliphatic rings. The van der Waals surface area contributed by atoms with Crippen molar-refractivity contribution in [2.75, 3.05) is 27.3 Å². The van der Waals surface area contributed by atoms with Crippen LogP contribution in [-0.4, -0.2) is 55.0 Å². The summed E-state index contributed by atoms with van der Waals surface area (Å²) in [4.78, 5) is 13.3. The average molecular weight is 319 g/mol. The van der Waals surface area contributed by atoms with Gasteiger partial charge in [0, 0.05) is 24.6 Å². The lowest BCUT2D eigenvalue weighted by Gasteiger charge is -2.26. The van der Waals surface area contributed by atoms with Gasteiger partial charge < -0.3 is 19.5 Å². The first-order valence-electron chi connectivity index (χ1n) is 6.51. The minimum absolute atomic E-state index is 0.141. The molecule has 0 saturated carbocycles. The number of nitrogens with zero attached hydrogens (tertiary/aromatic N) is 1. The molecule has 1 aromatic carbocycles. The Kier molecular flexibility index (Phi) is 4.23. The van der Waals surface area contributed by atoms with Crippen molar-refractivity contribution in [3.8, 4) is 11.5 Å². The molecular weight excluding hydrogens is 303 g/mol. The number of carbonyl (C=O) groups is 1. The third-order valence-corrected chi connectivity index (χ3v) is 3.66. The molecule has 1 unspecified atom stereocenters. The van der Waals surface area contributed by atoms with Gasteiger partial charge in [0.05, 0.1) is 20.8 Å². The average Bonchev–Trinajstić information content (AvgIpc) is 2.89. The number of β-amino-alcohol motifs (C(OH)–C–C–N with tert-alkyl or cyclic N) is 1. The van der Waals surface area contributed by atoms with Gasteiger partial charge in [-0.05, 0) is 12.1 Å². The first-order chi connectivity index (χ1) is 10.2. The highest BCUT2D eigenvalue weighted by atomic mass is 19.4. The molecule has 0 aliphatic carbocycles. The number of amides is 1. The zero-order valence-electron chi connectivity index (χ0n) is 12.1. The standard InChI is InChI=1S/C14H16F3NO4/c1-21-10-5-9(6-11(7-10)22-2)12(19)18-4-3-13(20,8-18)14(15,16)17/h5-7,20H,3-4,8H2,1-2H3. The lowest BCUT2D eigenvalue weighted by Crippen LogP contribution is -2.48. The number of hydrogen-bond donors (Lipinski definition) is 1. The Balaban J connectivity index is 2.23. The molecule has 2 rings (SSSR count). The molecule has 1 amide bonds. The number of aliphatic hydroxyl groups is 1. The largest absolute Gasteiger partial charge is 0.497 e. The van der Waals surface area contributed by atoms with Crippen LogP contribution in [0.4, 0.5) is 13.2 Å². The second-order valence-corrected chi connectivity index (χ2v) is 5.11. The minimum atomic E-state index is -4.77. The fourth-order valence-electron chi connectivity index (χ4n) is 2.31. The first-order valence-corrected chi connectivity index (χ1v) is 6.51. The maximum absolute atomic E-state index is 12.8. The predicted octanol–water partition coefficient (Wildman–Crippen LogP) is 1.84. The summed E-state index contributed by atoms with van der Waals surface area (Å²) in [6.45, 7) is -0.955. The van der Waals surface area contributed by atoms with Crippen molar-refractivity contribution in [1.82, 2.24) is 4.90 Å². The molecule has 1 heterocycles. The van der Waals surface area contributed by atoms with E-state index in [0.717, 1.165) is 4.90 Å². The van der Waals surface area contributed by atoms with Crippen molar-refractivity contribution in [3.05, 3.63) is 23.8 Å². The third-order valence-electron chi connectivity index (χ3n) is 3.66. The van der Waals surface area contributed by atoms with Crippen LogP contribution in [0.2, 0.25) is 0 Å². The number of alkyl halides is 3. The van der Waals surface area contributed by atoms with Crippen molar-refractivity contribution in [2.45, 2.75) is 18.2 Å². The van der Waals surface area contributed by atoms with Gasteiger partial charge in [-0.15, -0.1) is 0 Å². The summed E-state index contributed by atoms with van der Waals surface area (Å²) >= 11 is 0. The Morgan fingerprint density at radius 1 is 1.23 bits per heavy atom. The van der Waals surface area contributed by atoms with Crippen molar-refractivity contribution in [1.29, 1.82) is 0 Å². The topological polar surface area (TPSA) is 59.0 Å². The fraction of sp³-hybridized carbons (Fsp3) is 0.500. The maximum Gasteiger partial charge on any atom is 0.419 e. The zero-order valence-corrected chi connectivity index (χ0v) is 12.1. The van der Waals surface area contributed by atoms with E-state index in [-0.39, 0.29) is 12.1 Å². The van der Waals surface area contributed by atoms with Gasteiger partial charge in [-0.3, -0.25) is 4.79 Å². The number of methoxy groups -OCH3 is 2. The van der Waals surface area contributed by atoms with Crippen LogP contribution in [0.15, 0.2) is 18.2 Å². The number of ether oxygens (including phenoxy) is 2. The van der Waals surface area contributed by atoms with Crippen LogP contribution in [0.25, 0.3) is 0 Å². The summed E-state index contributed by atoms with van der Waals surface area (Å²) in [5, 5.41) is 9.63. The van der Waals surface area contributed by atoms with Gasteiger partial charge in [-0.25, -0.2) is 0 Å². The van der Waals surface area contributed by atoms with Crippen LogP contribution in [0.3, 0.4) is 0 Å². The van der Waals surface area contributed by atoms with E-state index >= 15 is 0 Å². The highest BCUT2D eigenvalue weighted by Gasteiger charge is 2.57. The van der Waals surface area contributed by atoms with Crippen molar-refractivity contribution in [3.63, 3.8) is 0 Å². The maximum atomic E-state index is 12.8. The van der Waals surface area contributed by atoms with Crippen LogP contribution in [0, 0.1) is 0 Å². The van der Waals surface area contributed by atoms with E-state index in [9.17, 15) is 23.1 Å². The van der Waals surface area contributed by atoms with Crippen LogP contribution in [0.5, 0.6) is 11.5 Å². The summed E-state index contributed by atoms with van der Waals surface area (Å²) in [5.41, 5.74) is -2.71. The molecule has 1 N–H and O–H groups in total. The molecule has 0 bridgehead atoms. The van der Waals surface area contributed by atoms with Gasteiger partial charge in [0.15, 0.2) is 5.60 Å². The summed E-state index contributed by atoms with van der Waals surface area (Å²) in [5.74, 6) is 0.0957. The van der Waals surface area contributed by atoms with Crippen LogP contribution in [-0.2, 0) is 0 Å². The molecule has 22 heavy (non-hydrogen) atoms. The third kappa shape index (κ3) is 2.96. The molecule has 1 fully saturated rings. The quantitative estimate of drug-likeness (QED) is 0.924. The van der Waals surface area contributed by atoms with E-state index in [1.807, 2.05) is 0 Å². The van der Waals surface area contributed by atoms with Gasteiger partial charge in [0.1, 0.15) is 11.5 Å². The van der Waals surface area contributed by atoms with Crippen molar-refractivity contribution >= 4 is 5.91 Å². The SMILES string of the molecule is COc1cc(OC)cc(C(=O)N2CCC(O)(C(F)(F)F)C2)c1. The zero-order chi connectivity index (χ0) is 16.5. The summed E-state index contributed by atoms with van der Waals surface area (Å²) < 4.78 is 48.4. The summed E-state index contributed by atoms with van der Waals surface area (Å²) in [6.07, 6.45) is -5.31. The molecule has 122 valence electrons. The normalized spacial score (nSPS) is 21.8. The highest BCUT2D eigenvalue weighted by Crippen LogP contribution is 2.38. The number of benzene rings is 1. The number of hydrogen-bond acceptors (Lipinski definition) is 4. The van der Waals surface area contributed by atoms with E-state index < -0.39 is 30.7 Å². The second-order valence-electron chi connectivity index (χ2n) is 5.11. The van der Waals surface area contributed by atoms with E-state index in [2.05, 4.69) is 0 Å². The number of carbonyl (C=O) groups excluding carboxylic acids is 1. The summed E-state index contributed by atoms with van der Waals surface area (Å²) in [7, 11) is 2.81. The van der Waals surface area contributed by atoms with Gasteiger partial charge in [0.2, 0.25) is 0 Å². The lowest BCUT2D eigenvalue weighted by molar-refractivity contribution is -0.253. The van der Waals surface area contributed by atoms with Gasteiger partial charge >= 0.3 is 6.18 Å². The van der Waals surface area contributed by atoms with Crippen LogP contribution >= 0.6 is 0 Å². The predicted molar refractivity (Wildman–Crippen MR) is 71.1 cm³/mol. The van der Waals surface area contributed by atoms with Gasteiger partial charge in [0.25, 0.3) is 5.91 Å². The first kappa shape index (κ1) is 16.4. The molecule has 1 aliphatic heterocycles. The highest BCUT2D eigenvalue weighted by molar-refractivity contribution is 5.95. The number of likely N-dealkylation sites (tertiary alicyclic amines) is 1. The smallest absolute Gasteiger partial charge is 0.419 e. The minimum Gasteiger partial charge on any atom is -0.497 e. The lowest BCUT2D eigenvalue weighted by atomic mass is 10.0. The Morgan fingerprint density at radius 3 is 2.18 bits per heavy atom. The monoisotopic (exact) mass is 319 g/mol. The van der Waals surface area contributed by atoms with Gasteiger partial charge in [-0.1, -0.05) is 0 Å². The Hall–Kier alpha value is -1.96. The molecule has 0 radical (unpaired) electrons. The van der Waals surface area contributed by atoms with Crippen LogP contribution in [0.1, 0.15) is 16.8 Å². The van der Waals surface area contributed by atoms with E-state index in [4.69, 9.17) is 9.47 Å². The second kappa shape index (κ2) is 5.68. The molecule has 8 heteroatoms. The molecule has 1 aromatic rings. The molecule has 5 nitrogen and oxygen atoms in total. The number of halogens is 3. The molecule has 1 saturated heterocycles. The van der Waals surface area contributed by atoms with Crippen molar-refractivity contribution < 1.29 is 32.5 Å². The van der Waals surface area contributed by atoms with E-state index in [1.165, 1.54) is 26.4 Å². The summed E-state index contributed by atoms with van der Waals surface area (Å²) in [6, 6.07) is 4.37. The molecule has 0 spiro atoms. The van der Waals surface area contributed by atoms with Gasteiger partial charge in [-0.2, -0.15) is 13.2 Å². The van der Waals surface area contributed by atoms with Crippen LogP contribution < -0.4 is 9.47 Å². The fourth-order valence-corrected chi connectivity index (χ4v) is 2.31. The van der Waals surface area contributed by atoms with E-state index in [0.29, 0.717) is 11.5 Å². The van der Waals surface area contributed by atoms with E-state index in [1.54, 1.807) is 6.07 Å². The Bertz CT molecular complexity index is 553.